The molecule has 2 amide bonds. The number of carboxylic acids is 1. The van der Waals surface area contributed by atoms with Gasteiger partial charge in [0.1, 0.15) is 0 Å². The van der Waals surface area contributed by atoms with E-state index in [-0.39, 0.29) is 23.9 Å². The Hall–Kier alpha value is -1.77. The maximum atomic E-state index is 12.5. The van der Waals surface area contributed by atoms with Crippen LogP contribution >= 0.6 is 0 Å². The molecule has 1 fully saturated rings. The van der Waals surface area contributed by atoms with Crippen molar-refractivity contribution in [2.24, 2.45) is 11.8 Å². The van der Waals surface area contributed by atoms with Crippen LogP contribution in [-0.2, 0) is 4.79 Å². The van der Waals surface area contributed by atoms with Crippen molar-refractivity contribution in [3.63, 3.8) is 0 Å². The lowest BCUT2D eigenvalue weighted by Crippen LogP contribution is -2.52. The third kappa shape index (κ3) is 3.86. The summed E-state index contributed by atoms with van der Waals surface area (Å²) in [4.78, 5) is 26.9. The number of nitriles is 1. The Bertz CT molecular complexity index is 405. The molecule has 1 aliphatic heterocycles. The van der Waals surface area contributed by atoms with E-state index in [2.05, 4.69) is 6.07 Å². The molecule has 6 heteroatoms. The van der Waals surface area contributed by atoms with Crippen LogP contribution in [-0.4, -0.2) is 52.6 Å². The highest BCUT2D eigenvalue weighted by Crippen LogP contribution is 2.24. The van der Waals surface area contributed by atoms with Gasteiger partial charge in [-0.1, -0.05) is 0 Å². The summed E-state index contributed by atoms with van der Waals surface area (Å²) < 4.78 is 0. The van der Waals surface area contributed by atoms with Gasteiger partial charge in [0.25, 0.3) is 0 Å². The first-order valence-corrected chi connectivity index (χ1v) is 7.08. The Kier molecular flexibility index (Phi) is 5.81. The van der Waals surface area contributed by atoms with E-state index >= 15 is 0 Å². The molecule has 0 aliphatic carbocycles. The number of nitrogens with zero attached hydrogens (tertiary/aromatic N) is 3. The minimum Gasteiger partial charge on any atom is -0.481 e. The van der Waals surface area contributed by atoms with Crippen molar-refractivity contribution in [3.8, 4) is 6.07 Å². The summed E-state index contributed by atoms with van der Waals surface area (Å²) in [5.41, 5.74) is 0. The van der Waals surface area contributed by atoms with E-state index in [0.717, 1.165) is 0 Å². The topological polar surface area (TPSA) is 84.6 Å². The monoisotopic (exact) mass is 281 g/mol. The number of aliphatic carboxylic acids is 1. The van der Waals surface area contributed by atoms with Crippen LogP contribution in [0.3, 0.4) is 0 Å². The van der Waals surface area contributed by atoms with Gasteiger partial charge in [-0.15, -0.1) is 0 Å². The predicted octanol–water partition coefficient (Wildman–Crippen LogP) is 1.77. The number of carboxylic acid groups (broad SMARTS) is 1. The van der Waals surface area contributed by atoms with Crippen molar-refractivity contribution in [2.45, 2.75) is 39.7 Å². The minimum absolute atomic E-state index is 0.0798. The van der Waals surface area contributed by atoms with E-state index in [1.165, 1.54) is 0 Å². The molecule has 1 heterocycles. The van der Waals surface area contributed by atoms with Gasteiger partial charge in [0.05, 0.1) is 17.9 Å². The van der Waals surface area contributed by atoms with Gasteiger partial charge in [-0.25, -0.2) is 4.79 Å². The van der Waals surface area contributed by atoms with Crippen LogP contribution in [0.1, 0.15) is 33.6 Å². The highest BCUT2D eigenvalue weighted by Gasteiger charge is 2.34. The highest BCUT2D eigenvalue weighted by molar-refractivity contribution is 5.76. The molecule has 0 aromatic heterocycles. The van der Waals surface area contributed by atoms with Crippen molar-refractivity contribution in [1.29, 1.82) is 5.26 Å². The fourth-order valence-electron chi connectivity index (χ4n) is 2.58. The third-order valence-corrected chi connectivity index (χ3v) is 3.84. The number of hydrogen-bond acceptors (Lipinski definition) is 3. The number of hydrogen-bond donors (Lipinski definition) is 1. The largest absolute Gasteiger partial charge is 0.481 e. The molecule has 1 rings (SSSR count). The van der Waals surface area contributed by atoms with Crippen molar-refractivity contribution in [3.05, 3.63) is 0 Å². The molecule has 0 radical (unpaired) electrons. The van der Waals surface area contributed by atoms with E-state index in [1.807, 2.05) is 13.8 Å². The number of amides is 2. The van der Waals surface area contributed by atoms with Gasteiger partial charge in [0.15, 0.2) is 0 Å². The molecule has 1 aliphatic rings. The van der Waals surface area contributed by atoms with E-state index in [4.69, 9.17) is 10.4 Å². The number of piperidine rings is 1. The fraction of sp³-hybridized carbons (Fsp3) is 0.786. The maximum Gasteiger partial charge on any atom is 0.320 e. The van der Waals surface area contributed by atoms with Gasteiger partial charge in [-0.3, -0.25) is 4.79 Å². The zero-order chi connectivity index (χ0) is 15.3. The molecule has 0 aromatic carbocycles. The Morgan fingerprint density at radius 3 is 2.65 bits per heavy atom. The SMILES string of the molecule is CCN(CC(C)C#N)C(=O)N1CCC(C(=O)O)CC1C. The summed E-state index contributed by atoms with van der Waals surface area (Å²) in [6.07, 6.45) is 0.989. The van der Waals surface area contributed by atoms with Crippen molar-refractivity contribution < 1.29 is 14.7 Å². The van der Waals surface area contributed by atoms with Crippen LogP contribution in [0, 0.1) is 23.2 Å². The van der Waals surface area contributed by atoms with Gasteiger partial charge in [-0.2, -0.15) is 5.26 Å². The second-order valence-corrected chi connectivity index (χ2v) is 5.45. The van der Waals surface area contributed by atoms with Gasteiger partial charge in [0.2, 0.25) is 0 Å². The zero-order valence-electron chi connectivity index (χ0n) is 12.4. The number of rotatable bonds is 4. The first-order chi connectivity index (χ1) is 9.40. The molecule has 3 unspecified atom stereocenters. The number of likely N-dealkylation sites (tertiary alicyclic amines) is 1. The van der Waals surface area contributed by atoms with Crippen LogP contribution < -0.4 is 0 Å². The van der Waals surface area contributed by atoms with E-state index < -0.39 is 5.97 Å². The summed E-state index contributed by atoms with van der Waals surface area (Å²) in [6.45, 7) is 6.99. The standard InChI is InChI=1S/C14H23N3O3/c1-4-16(9-10(2)8-15)14(20)17-6-5-12(13(18)19)7-11(17)3/h10-12H,4-7,9H2,1-3H3,(H,18,19). The Balaban J connectivity index is 2.67. The van der Waals surface area contributed by atoms with Crippen LogP contribution in [0.15, 0.2) is 0 Å². The van der Waals surface area contributed by atoms with Gasteiger partial charge in [0, 0.05) is 25.7 Å². The zero-order valence-corrected chi connectivity index (χ0v) is 12.4. The number of carbonyl (C=O) groups excluding carboxylic acids is 1. The van der Waals surface area contributed by atoms with E-state index in [0.29, 0.717) is 32.5 Å². The molecule has 0 aromatic rings. The second-order valence-electron chi connectivity index (χ2n) is 5.45. The molecule has 1 saturated heterocycles. The maximum absolute atomic E-state index is 12.5. The number of urea groups is 1. The lowest BCUT2D eigenvalue weighted by molar-refractivity contribution is -0.143. The highest BCUT2D eigenvalue weighted by atomic mass is 16.4. The molecular weight excluding hydrogens is 258 g/mol. The molecular formula is C14H23N3O3. The summed E-state index contributed by atoms with van der Waals surface area (Å²) in [5, 5.41) is 17.9. The fourth-order valence-corrected chi connectivity index (χ4v) is 2.58. The average Bonchev–Trinajstić information content (AvgIpc) is 2.43. The third-order valence-electron chi connectivity index (χ3n) is 3.84. The second kappa shape index (κ2) is 7.13. The predicted molar refractivity (Wildman–Crippen MR) is 73.9 cm³/mol. The average molecular weight is 281 g/mol. The summed E-state index contributed by atoms with van der Waals surface area (Å²) in [6, 6.07) is 1.96. The van der Waals surface area contributed by atoms with Gasteiger partial charge in [-0.05, 0) is 33.6 Å². The Morgan fingerprint density at radius 2 is 2.20 bits per heavy atom. The van der Waals surface area contributed by atoms with Crippen molar-refractivity contribution >= 4 is 12.0 Å². The molecule has 0 saturated carbocycles. The molecule has 20 heavy (non-hydrogen) atoms. The van der Waals surface area contributed by atoms with Gasteiger partial charge >= 0.3 is 12.0 Å². The Labute approximate surface area is 120 Å². The van der Waals surface area contributed by atoms with E-state index in [1.54, 1.807) is 16.7 Å². The van der Waals surface area contributed by atoms with E-state index in [9.17, 15) is 9.59 Å². The molecule has 112 valence electrons. The summed E-state index contributed by atoms with van der Waals surface area (Å²) in [5.74, 6) is -1.35. The molecule has 6 nitrogen and oxygen atoms in total. The quantitative estimate of drug-likeness (QED) is 0.851. The van der Waals surface area contributed by atoms with Gasteiger partial charge < -0.3 is 14.9 Å². The molecule has 0 bridgehead atoms. The summed E-state index contributed by atoms with van der Waals surface area (Å²) >= 11 is 0. The smallest absolute Gasteiger partial charge is 0.320 e. The first kappa shape index (κ1) is 16.3. The Morgan fingerprint density at radius 1 is 1.55 bits per heavy atom. The molecule has 3 atom stereocenters. The lowest BCUT2D eigenvalue weighted by atomic mass is 9.92. The number of carbonyl (C=O) groups is 2. The van der Waals surface area contributed by atoms with Crippen LogP contribution in [0.4, 0.5) is 4.79 Å². The minimum atomic E-state index is -0.783. The normalized spacial score (nSPS) is 23.8. The lowest BCUT2D eigenvalue weighted by Gasteiger charge is -2.39. The molecule has 0 spiro atoms. The van der Waals surface area contributed by atoms with Crippen LogP contribution in [0.25, 0.3) is 0 Å². The summed E-state index contributed by atoms with van der Waals surface area (Å²) in [7, 11) is 0. The van der Waals surface area contributed by atoms with Crippen LogP contribution in [0.2, 0.25) is 0 Å². The van der Waals surface area contributed by atoms with Crippen molar-refractivity contribution in [2.75, 3.05) is 19.6 Å². The van der Waals surface area contributed by atoms with Crippen LogP contribution in [0.5, 0.6) is 0 Å². The molecule has 1 N–H and O–H groups in total. The first-order valence-electron chi connectivity index (χ1n) is 7.08. The van der Waals surface area contributed by atoms with Crippen molar-refractivity contribution in [1.82, 2.24) is 9.80 Å².